The Bertz CT molecular complexity index is 832. The first-order valence-corrected chi connectivity index (χ1v) is 10.7. The maximum absolute atomic E-state index is 12.9. The molecule has 1 saturated heterocycles. The zero-order valence-corrected chi connectivity index (χ0v) is 18.5. The molecule has 7 nitrogen and oxygen atoms in total. The molecule has 0 aliphatic carbocycles. The molecule has 30 heavy (non-hydrogen) atoms. The van der Waals surface area contributed by atoms with Gasteiger partial charge in [-0.2, -0.15) is 0 Å². The third-order valence-electron chi connectivity index (χ3n) is 5.32. The van der Waals surface area contributed by atoms with Crippen molar-refractivity contribution in [1.82, 2.24) is 20.2 Å². The second kappa shape index (κ2) is 10.5. The Labute approximate surface area is 179 Å². The number of ether oxygens (including phenoxy) is 1. The lowest BCUT2D eigenvalue weighted by Crippen LogP contribution is -2.31. The van der Waals surface area contributed by atoms with Gasteiger partial charge in [-0.1, -0.05) is 12.1 Å². The number of anilines is 1. The van der Waals surface area contributed by atoms with Crippen LogP contribution in [0, 0.1) is 0 Å². The van der Waals surface area contributed by atoms with Gasteiger partial charge in [0.05, 0.1) is 18.8 Å². The van der Waals surface area contributed by atoms with E-state index < -0.39 is 0 Å². The summed E-state index contributed by atoms with van der Waals surface area (Å²) in [5.74, 6) is 2.03. The Kier molecular flexibility index (Phi) is 7.76. The highest BCUT2D eigenvalue weighted by molar-refractivity contribution is 5.94. The summed E-state index contributed by atoms with van der Waals surface area (Å²) >= 11 is 0. The second-order valence-electron chi connectivity index (χ2n) is 8.01. The molecule has 1 aliphatic rings. The zero-order valence-electron chi connectivity index (χ0n) is 18.5. The molecule has 0 bridgehead atoms. The van der Waals surface area contributed by atoms with Gasteiger partial charge >= 0.3 is 0 Å². The first kappa shape index (κ1) is 22.2. The average molecular weight is 412 g/mol. The third kappa shape index (κ3) is 5.77. The van der Waals surface area contributed by atoms with E-state index in [1.54, 1.807) is 4.90 Å². The lowest BCUT2D eigenvalue weighted by molar-refractivity contribution is 0.0783. The molecule has 1 aromatic carbocycles. The van der Waals surface area contributed by atoms with Crippen molar-refractivity contribution in [1.29, 1.82) is 0 Å². The molecule has 1 atom stereocenters. The molecule has 1 aliphatic heterocycles. The largest absolute Gasteiger partial charge is 0.377 e. The van der Waals surface area contributed by atoms with Crippen molar-refractivity contribution in [2.24, 2.45) is 0 Å². The van der Waals surface area contributed by atoms with E-state index in [1.807, 2.05) is 63.3 Å². The molecule has 0 radical (unpaired) electrons. The second-order valence-corrected chi connectivity index (χ2v) is 8.01. The van der Waals surface area contributed by atoms with Crippen LogP contribution in [0.4, 0.5) is 5.82 Å². The third-order valence-corrected chi connectivity index (χ3v) is 5.32. The van der Waals surface area contributed by atoms with E-state index in [0.29, 0.717) is 31.2 Å². The predicted molar refractivity (Wildman–Crippen MR) is 119 cm³/mol. The van der Waals surface area contributed by atoms with Crippen LogP contribution >= 0.6 is 0 Å². The first-order chi connectivity index (χ1) is 14.5. The quantitative estimate of drug-likeness (QED) is 0.720. The van der Waals surface area contributed by atoms with Crippen molar-refractivity contribution in [3.8, 4) is 0 Å². The summed E-state index contributed by atoms with van der Waals surface area (Å²) in [7, 11) is 5.77. The fourth-order valence-corrected chi connectivity index (χ4v) is 3.57. The van der Waals surface area contributed by atoms with Gasteiger partial charge in [0.2, 0.25) is 0 Å². The van der Waals surface area contributed by atoms with Crippen LogP contribution in [0.3, 0.4) is 0 Å². The van der Waals surface area contributed by atoms with Crippen molar-refractivity contribution < 1.29 is 9.53 Å². The van der Waals surface area contributed by atoms with Gasteiger partial charge in [0, 0.05) is 51.8 Å². The minimum absolute atomic E-state index is 0.0242. The number of rotatable bonds is 8. The SMILES string of the molecule is CCOCc1ccc(C(=O)N(C)Cc2cc(N(C)C)nc([C@H]3CCCNC3)n2)cc1. The number of nitrogens with one attached hydrogen (secondary N) is 1. The topological polar surface area (TPSA) is 70.6 Å². The van der Waals surface area contributed by atoms with Crippen LogP contribution < -0.4 is 10.2 Å². The van der Waals surface area contributed by atoms with E-state index in [9.17, 15) is 4.79 Å². The van der Waals surface area contributed by atoms with Gasteiger partial charge in [0.1, 0.15) is 11.6 Å². The molecular weight excluding hydrogens is 378 g/mol. The van der Waals surface area contributed by atoms with Crippen LogP contribution in [-0.2, 0) is 17.9 Å². The van der Waals surface area contributed by atoms with Gasteiger partial charge in [-0.3, -0.25) is 4.79 Å². The van der Waals surface area contributed by atoms with Crippen LogP contribution in [0.1, 0.15) is 53.1 Å². The average Bonchev–Trinajstić information content (AvgIpc) is 2.77. The molecule has 1 N–H and O–H groups in total. The summed E-state index contributed by atoms with van der Waals surface area (Å²) < 4.78 is 5.42. The first-order valence-electron chi connectivity index (χ1n) is 10.7. The highest BCUT2D eigenvalue weighted by atomic mass is 16.5. The number of piperidine rings is 1. The van der Waals surface area contributed by atoms with Crippen LogP contribution in [0.15, 0.2) is 30.3 Å². The zero-order chi connectivity index (χ0) is 21.5. The monoisotopic (exact) mass is 411 g/mol. The Balaban J connectivity index is 1.73. The number of amides is 1. The molecule has 0 saturated carbocycles. The summed E-state index contributed by atoms with van der Waals surface area (Å²) in [4.78, 5) is 26.2. The van der Waals surface area contributed by atoms with Crippen LogP contribution in [-0.4, -0.2) is 61.6 Å². The van der Waals surface area contributed by atoms with Gasteiger partial charge in [0.15, 0.2) is 0 Å². The number of carbonyl (C=O) groups excluding carboxylic acids is 1. The fourth-order valence-electron chi connectivity index (χ4n) is 3.57. The summed E-state index contributed by atoms with van der Waals surface area (Å²) in [6, 6.07) is 9.57. The van der Waals surface area contributed by atoms with Gasteiger partial charge in [-0.25, -0.2) is 9.97 Å². The van der Waals surface area contributed by atoms with Crippen molar-refractivity contribution in [2.45, 2.75) is 38.8 Å². The standard InChI is InChI=1S/C23H33N5O2/c1-5-30-16-17-8-10-18(11-9-17)23(29)28(4)15-20-13-21(27(2)3)26-22(25-20)19-7-6-12-24-14-19/h8-11,13,19,24H,5-7,12,14-16H2,1-4H3/t19-/m0/s1. The Morgan fingerprint density at radius 1 is 1.20 bits per heavy atom. The molecule has 0 unspecified atom stereocenters. The van der Waals surface area contributed by atoms with E-state index in [0.717, 1.165) is 48.8 Å². The van der Waals surface area contributed by atoms with Gasteiger partial charge < -0.3 is 19.9 Å². The lowest BCUT2D eigenvalue weighted by Gasteiger charge is -2.24. The summed E-state index contributed by atoms with van der Waals surface area (Å²) in [5.41, 5.74) is 2.59. The number of hydrogen-bond donors (Lipinski definition) is 1. The normalized spacial score (nSPS) is 16.3. The minimum atomic E-state index is -0.0242. The Morgan fingerprint density at radius 3 is 2.60 bits per heavy atom. The number of carbonyl (C=O) groups is 1. The van der Waals surface area contributed by atoms with Crippen molar-refractivity contribution in [3.05, 3.63) is 53.0 Å². The summed E-state index contributed by atoms with van der Waals surface area (Å²) in [6.45, 7) is 5.61. The highest BCUT2D eigenvalue weighted by Crippen LogP contribution is 2.23. The molecule has 1 amide bonds. The minimum Gasteiger partial charge on any atom is -0.377 e. The van der Waals surface area contributed by atoms with Crippen LogP contribution in [0.5, 0.6) is 0 Å². The highest BCUT2D eigenvalue weighted by Gasteiger charge is 2.21. The molecule has 3 rings (SSSR count). The van der Waals surface area contributed by atoms with Gasteiger partial charge in [0.25, 0.3) is 5.91 Å². The van der Waals surface area contributed by atoms with Crippen LogP contribution in [0.25, 0.3) is 0 Å². The molecule has 0 spiro atoms. The molecular formula is C23H33N5O2. The Morgan fingerprint density at radius 2 is 1.97 bits per heavy atom. The molecule has 7 heteroatoms. The van der Waals surface area contributed by atoms with E-state index >= 15 is 0 Å². The van der Waals surface area contributed by atoms with E-state index in [4.69, 9.17) is 14.7 Å². The van der Waals surface area contributed by atoms with Crippen molar-refractivity contribution in [3.63, 3.8) is 0 Å². The van der Waals surface area contributed by atoms with E-state index in [1.165, 1.54) is 0 Å². The molecule has 1 aromatic heterocycles. The van der Waals surface area contributed by atoms with Crippen molar-refractivity contribution in [2.75, 3.05) is 45.7 Å². The number of benzene rings is 1. The van der Waals surface area contributed by atoms with Gasteiger partial charge in [-0.15, -0.1) is 0 Å². The van der Waals surface area contributed by atoms with Gasteiger partial charge in [-0.05, 0) is 44.0 Å². The van der Waals surface area contributed by atoms with Crippen LogP contribution in [0.2, 0.25) is 0 Å². The smallest absolute Gasteiger partial charge is 0.253 e. The summed E-state index contributed by atoms with van der Waals surface area (Å²) in [6.07, 6.45) is 2.22. The van der Waals surface area contributed by atoms with E-state index in [-0.39, 0.29) is 5.91 Å². The molecule has 162 valence electrons. The number of aromatic nitrogens is 2. The molecule has 2 aromatic rings. The molecule has 2 heterocycles. The van der Waals surface area contributed by atoms with Crippen molar-refractivity contribution >= 4 is 11.7 Å². The number of nitrogens with zero attached hydrogens (tertiary/aromatic N) is 4. The predicted octanol–water partition coefficient (Wildman–Crippen LogP) is 2.82. The number of hydrogen-bond acceptors (Lipinski definition) is 6. The summed E-state index contributed by atoms with van der Waals surface area (Å²) in [5, 5.41) is 3.43. The fraction of sp³-hybridized carbons (Fsp3) is 0.522. The maximum Gasteiger partial charge on any atom is 0.253 e. The molecule has 1 fully saturated rings. The maximum atomic E-state index is 12.9. The Hall–Kier alpha value is -2.51. The lowest BCUT2D eigenvalue weighted by atomic mass is 9.99. The van der Waals surface area contributed by atoms with E-state index in [2.05, 4.69) is 5.32 Å².